The third-order valence-electron chi connectivity index (χ3n) is 6.27. The van der Waals surface area contributed by atoms with Gasteiger partial charge in [0.2, 0.25) is 5.82 Å². The van der Waals surface area contributed by atoms with Crippen molar-refractivity contribution in [3.63, 3.8) is 0 Å². The number of rotatable bonds is 7. The molecule has 1 fully saturated rings. The molecule has 6 nitrogen and oxygen atoms in total. The summed E-state index contributed by atoms with van der Waals surface area (Å²) in [4.78, 5) is 17.3. The van der Waals surface area contributed by atoms with Crippen LogP contribution >= 0.6 is 0 Å². The van der Waals surface area contributed by atoms with Gasteiger partial charge in [0.05, 0.1) is 5.60 Å². The van der Waals surface area contributed by atoms with E-state index in [1.165, 1.54) is 32.2 Å². The summed E-state index contributed by atoms with van der Waals surface area (Å²) in [5.41, 5.74) is -4.22. The van der Waals surface area contributed by atoms with Gasteiger partial charge in [-0.3, -0.25) is 9.78 Å². The lowest BCUT2D eigenvalue weighted by Crippen LogP contribution is -2.47. The van der Waals surface area contributed by atoms with Gasteiger partial charge in [0.15, 0.2) is 17.2 Å². The molecule has 1 amide bonds. The molecule has 13 heteroatoms. The number of nitrogens with one attached hydrogen (secondary N) is 1. The number of alkyl halides is 5. The van der Waals surface area contributed by atoms with Crippen LogP contribution < -0.4 is 10.1 Å². The van der Waals surface area contributed by atoms with E-state index in [9.17, 15) is 40.6 Å². The van der Waals surface area contributed by atoms with Crippen LogP contribution in [-0.4, -0.2) is 46.1 Å². The second-order valence-corrected chi connectivity index (χ2v) is 9.63. The number of carbonyl (C=O) groups excluding carboxylic acids is 1. The van der Waals surface area contributed by atoms with E-state index in [0.717, 1.165) is 13.0 Å². The van der Waals surface area contributed by atoms with Crippen LogP contribution in [0.1, 0.15) is 44.9 Å². The zero-order valence-electron chi connectivity index (χ0n) is 20.2. The Morgan fingerprint density at radius 3 is 2.46 bits per heavy atom. The lowest BCUT2D eigenvalue weighted by molar-refractivity contribution is -0.272. The Bertz CT molecular complexity index is 1150. The molecule has 3 rings (SSSR count). The van der Waals surface area contributed by atoms with Crippen molar-refractivity contribution in [1.29, 1.82) is 0 Å². The number of hydrogen-bond donors (Lipinski definition) is 2. The topological polar surface area (TPSA) is 80.7 Å². The molecule has 1 aromatic carbocycles. The number of amides is 1. The number of halogens is 7. The highest BCUT2D eigenvalue weighted by Gasteiger charge is 2.66. The van der Waals surface area contributed by atoms with Crippen molar-refractivity contribution in [3.05, 3.63) is 53.4 Å². The molecule has 0 saturated carbocycles. The predicted octanol–water partition coefficient (Wildman–Crippen LogP) is 5.35. The van der Waals surface area contributed by atoms with E-state index >= 15 is 0 Å². The van der Waals surface area contributed by atoms with Gasteiger partial charge in [0.1, 0.15) is 6.10 Å². The van der Waals surface area contributed by atoms with Crippen LogP contribution in [0.5, 0.6) is 5.75 Å². The minimum Gasteiger partial charge on any atom is -0.431 e. The summed E-state index contributed by atoms with van der Waals surface area (Å²) in [6.07, 6.45) is -5.59. The number of pyridine rings is 1. The largest absolute Gasteiger partial charge is 0.431 e. The minimum absolute atomic E-state index is 0.0889. The number of aliphatic hydroxyl groups is 1. The molecule has 2 N–H and O–H groups in total. The molecule has 2 heterocycles. The number of aromatic nitrogens is 1. The molecule has 2 aromatic rings. The van der Waals surface area contributed by atoms with E-state index in [0.29, 0.717) is 18.7 Å². The molecule has 0 spiro atoms. The Labute approximate surface area is 207 Å². The fraction of sp³-hybridized carbons (Fsp3) is 0.500. The lowest BCUT2D eigenvalue weighted by Gasteiger charge is -2.32. The summed E-state index contributed by atoms with van der Waals surface area (Å²) in [5, 5.41) is 12.4. The molecular weight excluding hydrogens is 513 g/mol. The van der Waals surface area contributed by atoms with E-state index < -0.39 is 70.8 Å². The van der Waals surface area contributed by atoms with Crippen LogP contribution in [0.2, 0.25) is 0 Å². The van der Waals surface area contributed by atoms with E-state index in [2.05, 4.69) is 15.0 Å². The highest BCUT2D eigenvalue weighted by Crippen LogP contribution is 2.55. The summed E-state index contributed by atoms with van der Waals surface area (Å²) in [6, 6.07) is 4.05. The maximum absolute atomic E-state index is 14.5. The Morgan fingerprint density at radius 2 is 1.89 bits per heavy atom. The van der Waals surface area contributed by atoms with Gasteiger partial charge in [-0.05, 0) is 39.0 Å². The molecular formula is C24H25F7N2O4. The number of carbonyl (C=O) groups is 1. The number of nitrogens with zero attached hydrogens (tertiary/aromatic N) is 1. The van der Waals surface area contributed by atoms with Gasteiger partial charge in [-0.2, -0.15) is 26.3 Å². The Morgan fingerprint density at radius 1 is 1.24 bits per heavy atom. The van der Waals surface area contributed by atoms with E-state index in [1.807, 2.05) is 0 Å². The third kappa shape index (κ3) is 5.98. The van der Waals surface area contributed by atoms with Crippen LogP contribution in [0.15, 0.2) is 30.5 Å². The molecule has 0 radical (unpaired) electrons. The van der Waals surface area contributed by atoms with Gasteiger partial charge < -0.3 is 19.9 Å². The number of hydrogen-bond acceptors (Lipinski definition) is 5. The van der Waals surface area contributed by atoms with Crippen LogP contribution in [0.3, 0.4) is 0 Å². The lowest BCUT2D eigenvalue weighted by atomic mass is 9.77. The second kappa shape index (κ2) is 10.1. The molecule has 1 aromatic heterocycles. The van der Waals surface area contributed by atoms with Crippen LogP contribution in [-0.2, 0) is 16.0 Å². The van der Waals surface area contributed by atoms with Crippen LogP contribution in [0.25, 0.3) is 0 Å². The molecule has 4 atom stereocenters. The maximum Gasteiger partial charge on any atom is 0.417 e. The number of benzene rings is 1. The molecule has 0 unspecified atom stereocenters. The van der Waals surface area contributed by atoms with Crippen LogP contribution in [0, 0.1) is 17.6 Å². The van der Waals surface area contributed by atoms with Crippen molar-refractivity contribution in [3.8, 4) is 5.75 Å². The molecule has 0 aliphatic carbocycles. The van der Waals surface area contributed by atoms with Gasteiger partial charge in [0.25, 0.3) is 5.91 Å². The first-order valence-corrected chi connectivity index (χ1v) is 11.1. The van der Waals surface area contributed by atoms with Crippen molar-refractivity contribution < 1.29 is 50.1 Å². The first-order valence-electron chi connectivity index (χ1n) is 11.1. The highest BCUT2D eigenvalue weighted by molar-refractivity contribution is 5.95. The van der Waals surface area contributed by atoms with E-state index in [4.69, 9.17) is 4.74 Å². The maximum atomic E-state index is 14.5. The first kappa shape index (κ1) is 28.6. The molecule has 1 aliphatic rings. The molecule has 37 heavy (non-hydrogen) atoms. The smallest absolute Gasteiger partial charge is 0.417 e. The molecule has 1 aliphatic heterocycles. The van der Waals surface area contributed by atoms with Gasteiger partial charge in [-0.25, -0.2) is 4.39 Å². The monoisotopic (exact) mass is 538 g/mol. The predicted molar refractivity (Wildman–Crippen MR) is 117 cm³/mol. The Balaban J connectivity index is 2.06. The van der Waals surface area contributed by atoms with E-state index in [-0.39, 0.29) is 12.1 Å². The standard InChI is InChI=1S/C24H25F7N2O4/c1-11-16(14-5-6-15(25)17(26)18(14)36-21(27)28)19(37-23(11,4)24(29,30)31)20(34)33-12-7-8-32-13(9-12)10-22(2,3)35/h5-9,11,16,19,21,35H,10H2,1-4H3,(H,32,33,34)/t11-,16-,19+,23+/m1/s1. The average Bonchev–Trinajstić information content (AvgIpc) is 3.03. The average molecular weight is 538 g/mol. The fourth-order valence-electron chi connectivity index (χ4n) is 4.35. The second-order valence-electron chi connectivity index (χ2n) is 9.63. The summed E-state index contributed by atoms with van der Waals surface area (Å²) < 4.78 is 106. The van der Waals surface area contributed by atoms with Crippen LogP contribution in [0.4, 0.5) is 36.4 Å². The third-order valence-corrected chi connectivity index (χ3v) is 6.27. The van der Waals surface area contributed by atoms with Gasteiger partial charge in [-0.1, -0.05) is 13.0 Å². The Hall–Kier alpha value is -2.93. The van der Waals surface area contributed by atoms with Crippen molar-refractivity contribution in [2.75, 3.05) is 5.32 Å². The van der Waals surface area contributed by atoms with Crippen molar-refractivity contribution in [2.45, 2.75) is 70.1 Å². The molecule has 1 saturated heterocycles. The number of ether oxygens (including phenoxy) is 2. The summed E-state index contributed by atoms with van der Waals surface area (Å²) in [7, 11) is 0. The minimum atomic E-state index is -5.02. The van der Waals surface area contributed by atoms with E-state index in [1.54, 1.807) is 0 Å². The van der Waals surface area contributed by atoms with Crippen molar-refractivity contribution in [1.82, 2.24) is 4.98 Å². The highest BCUT2D eigenvalue weighted by atomic mass is 19.4. The van der Waals surface area contributed by atoms with Gasteiger partial charge in [0, 0.05) is 41.4 Å². The Kier molecular flexibility index (Phi) is 7.81. The summed E-state index contributed by atoms with van der Waals surface area (Å²) >= 11 is 0. The fourth-order valence-corrected chi connectivity index (χ4v) is 4.35. The normalized spacial score (nSPS) is 24.4. The molecule has 204 valence electrons. The van der Waals surface area contributed by atoms with Crippen molar-refractivity contribution in [2.24, 2.45) is 5.92 Å². The first-order chi connectivity index (χ1) is 16.9. The summed E-state index contributed by atoms with van der Waals surface area (Å²) in [6.45, 7) is 1.17. The zero-order valence-corrected chi connectivity index (χ0v) is 20.2. The zero-order chi connectivity index (χ0) is 27.9. The quantitative estimate of drug-likeness (QED) is 0.465. The summed E-state index contributed by atoms with van der Waals surface area (Å²) in [5.74, 6) is -9.09. The van der Waals surface area contributed by atoms with Crippen molar-refractivity contribution >= 4 is 11.6 Å². The SMILES string of the molecule is C[C@@H]1[C@H](c2ccc(F)c(F)c2OC(F)F)[C@@H](C(=O)Nc2ccnc(CC(C)(C)O)c2)O[C@]1(C)C(F)(F)F. The van der Waals surface area contributed by atoms with Gasteiger partial charge >= 0.3 is 12.8 Å². The molecule has 0 bridgehead atoms. The van der Waals surface area contributed by atoms with Gasteiger partial charge in [-0.15, -0.1) is 0 Å². The number of anilines is 1.